The number of hydrogen-bond acceptors (Lipinski definition) is 6. The van der Waals surface area contributed by atoms with Crippen LogP contribution in [0.5, 0.6) is 5.88 Å². The lowest BCUT2D eigenvalue weighted by molar-refractivity contribution is 0.000146. The second kappa shape index (κ2) is 6.74. The lowest BCUT2D eigenvalue weighted by atomic mass is 10.1. The molecule has 2 fully saturated rings. The average Bonchev–Trinajstić information content (AvgIpc) is 3.09. The molecule has 5 nitrogen and oxygen atoms in total. The van der Waals surface area contributed by atoms with Gasteiger partial charge in [-0.1, -0.05) is 0 Å². The topological polar surface area (TPSA) is 47.5 Å². The van der Waals surface area contributed by atoms with Crippen LogP contribution in [-0.2, 0) is 11.3 Å². The number of fused-ring (bicyclic) bond motifs is 2. The van der Waals surface area contributed by atoms with E-state index in [4.69, 9.17) is 9.47 Å². The lowest BCUT2D eigenvalue weighted by Gasteiger charge is -2.30. The Morgan fingerprint density at radius 2 is 2.33 bits per heavy atom. The summed E-state index contributed by atoms with van der Waals surface area (Å²) >= 11 is 1.68. The van der Waals surface area contributed by atoms with E-state index in [9.17, 15) is 4.39 Å². The van der Waals surface area contributed by atoms with E-state index < -0.39 is 5.82 Å². The summed E-state index contributed by atoms with van der Waals surface area (Å²) in [5.74, 6) is -0.357. The minimum atomic E-state index is -0.425. The molecule has 1 saturated carbocycles. The maximum absolute atomic E-state index is 13.9. The van der Waals surface area contributed by atoms with Crippen LogP contribution in [0.2, 0.25) is 0 Å². The summed E-state index contributed by atoms with van der Waals surface area (Å²) in [4.78, 5) is 12.0. The Bertz CT molecular complexity index is 711. The van der Waals surface area contributed by atoms with Gasteiger partial charge in [-0.2, -0.15) is 0 Å². The molecular weight excluding hydrogens is 329 g/mol. The Kier molecular flexibility index (Phi) is 4.47. The predicted octanol–water partition coefficient (Wildman–Crippen LogP) is 2.80. The standard InChI is InChI=1S/C17H20FN3O2S/c1-11-15(24-10-20-11)9-21-7-8-22-14-5-4-13(21)16(14)23-17-12(18)3-2-6-19-17/h2-3,6,10,13-14,16H,4-5,7-9H2,1H3. The van der Waals surface area contributed by atoms with Crippen LogP contribution in [0.25, 0.3) is 0 Å². The summed E-state index contributed by atoms with van der Waals surface area (Å²) in [5.41, 5.74) is 2.96. The number of aromatic nitrogens is 2. The molecule has 1 saturated heterocycles. The highest BCUT2D eigenvalue weighted by molar-refractivity contribution is 7.09. The molecule has 0 spiro atoms. The summed E-state index contributed by atoms with van der Waals surface area (Å²) in [6.45, 7) is 4.39. The van der Waals surface area contributed by atoms with E-state index in [0.29, 0.717) is 6.61 Å². The minimum Gasteiger partial charge on any atom is -0.468 e. The van der Waals surface area contributed by atoms with Crippen LogP contribution in [0.3, 0.4) is 0 Å². The minimum absolute atomic E-state index is 0.00367. The van der Waals surface area contributed by atoms with Gasteiger partial charge < -0.3 is 9.47 Å². The van der Waals surface area contributed by atoms with Crippen LogP contribution in [-0.4, -0.2) is 46.3 Å². The molecular formula is C17H20FN3O2S. The first-order chi connectivity index (χ1) is 11.7. The molecule has 3 heterocycles. The van der Waals surface area contributed by atoms with Gasteiger partial charge in [-0.05, 0) is 31.9 Å². The molecule has 0 aromatic carbocycles. The molecule has 24 heavy (non-hydrogen) atoms. The molecule has 2 aromatic heterocycles. The van der Waals surface area contributed by atoms with E-state index in [1.165, 1.54) is 10.9 Å². The van der Waals surface area contributed by atoms with Crippen molar-refractivity contribution in [3.05, 3.63) is 40.2 Å². The Morgan fingerprint density at radius 3 is 3.12 bits per heavy atom. The van der Waals surface area contributed by atoms with Crippen molar-refractivity contribution in [3.8, 4) is 5.88 Å². The van der Waals surface area contributed by atoms with E-state index in [1.54, 1.807) is 23.6 Å². The van der Waals surface area contributed by atoms with Gasteiger partial charge in [-0.15, -0.1) is 11.3 Å². The zero-order valence-corrected chi connectivity index (χ0v) is 14.3. The van der Waals surface area contributed by atoms with Crippen molar-refractivity contribution in [3.63, 3.8) is 0 Å². The third kappa shape index (κ3) is 3.03. The SMILES string of the molecule is Cc1ncsc1CN1CCOC2CCC1C2Oc1ncccc1F. The van der Waals surface area contributed by atoms with Gasteiger partial charge in [0.05, 0.1) is 23.9 Å². The molecule has 2 aliphatic rings. The molecule has 4 rings (SSSR count). The highest BCUT2D eigenvalue weighted by atomic mass is 32.1. The number of pyridine rings is 1. The molecule has 1 aliphatic carbocycles. The van der Waals surface area contributed by atoms with Gasteiger partial charge in [-0.25, -0.2) is 14.4 Å². The quantitative estimate of drug-likeness (QED) is 0.849. The van der Waals surface area contributed by atoms with Crippen molar-refractivity contribution in [1.82, 2.24) is 14.9 Å². The summed E-state index contributed by atoms with van der Waals surface area (Å²) < 4.78 is 25.9. The second-order valence-corrected chi connectivity index (χ2v) is 7.20. The number of ether oxygens (including phenoxy) is 2. The van der Waals surface area contributed by atoms with Gasteiger partial charge in [0.2, 0.25) is 0 Å². The van der Waals surface area contributed by atoms with Crippen LogP contribution in [0.1, 0.15) is 23.4 Å². The maximum Gasteiger partial charge on any atom is 0.250 e. The maximum atomic E-state index is 13.9. The van der Waals surface area contributed by atoms with E-state index in [2.05, 4.69) is 14.9 Å². The number of rotatable bonds is 4. The average molecular weight is 349 g/mol. The molecule has 3 unspecified atom stereocenters. The third-order valence-electron chi connectivity index (χ3n) is 4.84. The van der Waals surface area contributed by atoms with E-state index in [0.717, 1.165) is 31.6 Å². The fourth-order valence-corrected chi connectivity index (χ4v) is 4.37. The Balaban J connectivity index is 1.55. The van der Waals surface area contributed by atoms with E-state index in [-0.39, 0.29) is 24.1 Å². The number of nitrogens with zero attached hydrogens (tertiary/aromatic N) is 3. The van der Waals surface area contributed by atoms with Gasteiger partial charge in [0.1, 0.15) is 6.10 Å². The molecule has 2 aromatic rings. The molecule has 2 bridgehead atoms. The summed E-state index contributed by atoms with van der Waals surface area (Å²) in [7, 11) is 0. The van der Waals surface area contributed by atoms with E-state index in [1.807, 2.05) is 12.4 Å². The first kappa shape index (κ1) is 15.9. The molecule has 128 valence electrons. The molecule has 3 atom stereocenters. The van der Waals surface area contributed by atoms with Crippen LogP contribution in [0, 0.1) is 12.7 Å². The Labute approximate surface area is 144 Å². The third-order valence-corrected chi connectivity index (χ3v) is 5.76. The van der Waals surface area contributed by atoms with Crippen molar-refractivity contribution >= 4 is 11.3 Å². The van der Waals surface area contributed by atoms with Gasteiger partial charge in [-0.3, -0.25) is 4.90 Å². The highest BCUT2D eigenvalue weighted by Gasteiger charge is 2.44. The van der Waals surface area contributed by atoms with Crippen LogP contribution >= 0.6 is 11.3 Å². The molecule has 0 amide bonds. The summed E-state index contributed by atoms with van der Waals surface area (Å²) in [6.07, 6.45) is 3.29. The van der Waals surface area contributed by atoms with Crippen LogP contribution in [0.15, 0.2) is 23.8 Å². The van der Waals surface area contributed by atoms with Crippen LogP contribution < -0.4 is 4.74 Å². The number of thiazole rings is 1. The smallest absolute Gasteiger partial charge is 0.250 e. The number of hydrogen-bond donors (Lipinski definition) is 0. The number of halogens is 1. The van der Waals surface area contributed by atoms with Gasteiger partial charge in [0.15, 0.2) is 5.82 Å². The molecule has 0 radical (unpaired) electrons. The Hall–Kier alpha value is -1.57. The molecule has 0 N–H and O–H groups in total. The largest absolute Gasteiger partial charge is 0.468 e. The van der Waals surface area contributed by atoms with Crippen molar-refractivity contribution in [2.24, 2.45) is 0 Å². The lowest BCUT2D eigenvalue weighted by Crippen LogP contribution is -2.44. The fourth-order valence-electron chi connectivity index (χ4n) is 3.57. The second-order valence-electron chi connectivity index (χ2n) is 6.26. The van der Waals surface area contributed by atoms with Crippen molar-refractivity contribution in [2.75, 3.05) is 13.2 Å². The van der Waals surface area contributed by atoms with Gasteiger partial charge in [0, 0.05) is 30.2 Å². The van der Waals surface area contributed by atoms with Crippen molar-refractivity contribution < 1.29 is 13.9 Å². The van der Waals surface area contributed by atoms with Crippen molar-refractivity contribution in [2.45, 2.75) is 44.6 Å². The fraction of sp³-hybridized carbons (Fsp3) is 0.529. The zero-order chi connectivity index (χ0) is 16.5. The zero-order valence-electron chi connectivity index (χ0n) is 13.5. The first-order valence-corrected chi connectivity index (χ1v) is 9.12. The normalized spacial score (nSPS) is 27.2. The number of aryl methyl sites for hydroxylation is 1. The highest BCUT2D eigenvalue weighted by Crippen LogP contribution is 2.34. The van der Waals surface area contributed by atoms with Gasteiger partial charge >= 0.3 is 0 Å². The van der Waals surface area contributed by atoms with Crippen molar-refractivity contribution in [1.29, 1.82) is 0 Å². The monoisotopic (exact) mass is 349 g/mol. The first-order valence-electron chi connectivity index (χ1n) is 8.24. The predicted molar refractivity (Wildman–Crippen MR) is 88.6 cm³/mol. The van der Waals surface area contributed by atoms with Gasteiger partial charge in [0.25, 0.3) is 5.88 Å². The summed E-state index contributed by atoms with van der Waals surface area (Å²) in [6, 6.07) is 3.15. The summed E-state index contributed by atoms with van der Waals surface area (Å²) in [5, 5.41) is 0. The molecule has 7 heteroatoms. The Morgan fingerprint density at radius 1 is 1.42 bits per heavy atom. The van der Waals surface area contributed by atoms with E-state index >= 15 is 0 Å². The molecule has 1 aliphatic heterocycles. The van der Waals surface area contributed by atoms with Crippen LogP contribution in [0.4, 0.5) is 4.39 Å².